The SMILES string of the molecule is Cc1cc(OC[C@@H](C)NC(=O)c2[nH]c(=O)[nH]c(=O)c2N)cc(C)c1Cl. The van der Waals surface area contributed by atoms with Gasteiger partial charge in [0.25, 0.3) is 11.5 Å². The van der Waals surface area contributed by atoms with Crippen LogP contribution < -0.4 is 27.0 Å². The first-order valence-corrected chi connectivity index (χ1v) is 7.89. The van der Waals surface area contributed by atoms with E-state index in [1.54, 1.807) is 19.1 Å². The molecule has 9 heteroatoms. The highest BCUT2D eigenvalue weighted by atomic mass is 35.5. The molecule has 0 spiro atoms. The summed E-state index contributed by atoms with van der Waals surface area (Å²) in [4.78, 5) is 39.0. The van der Waals surface area contributed by atoms with Gasteiger partial charge in [-0.3, -0.25) is 14.6 Å². The van der Waals surface area contributed by atoms with E-state index in [0.29, 0.717) is 10.8 Å². The Kier molecular flexibility index (Phi) is 5.53. The summed E-state index contributed by atoms with van der Waals surface area (Å²) in [5.41, 5.74) is 5.05. The van der Waals surface area contributed by atoms with Gasteiger partial charge in [-0.1, -0.05) is 11.6 Å². The molecule has 0 saturated heterocycles. The van der Waals surface area contributed by atoms with Crippen molar-refractivity contribution >= 4 is 23.2 Å². The average Bonchev–Trinajstić information content (AvgIpc) is 2.53. The fraction of sp³-hybridized carbons (Fsp3) is 0.312. The van der Waals surface area contributed by atoms with E-state index >= 15 is 0 Å². The minimum absolute atomic E-state index is 0.180. The van der Waals surface area contributed by atoms with Crippen LogP contribution in [0.3, 0.4) is 0 Å². The zero-order valence-corrected chi connectivity index (χ0v) is 14.8. The van der Waals surface area contributed by atoms with E-state index in [1.165, 1.54) is 0 Å². The molecule has 0 aliphatic rings. The van der Waals surface area contributed by atoms with Crippen LogP contribution in [0.5, 0.6) is 5.75 Å². The molecule has 0 fully saturated rings. The number of ether oxygens (including phenoxy) is 1. The molecular weight excluding hydrogens is 348 g/mol. The first-order valence-electron chi connectivity index (χ1n) is 7.51. The van der Waals surface area contributed by atoms with E-state index in [9.17, 15) is 14.4 Å². The number of rotatable bonds is 5. The largest absolute Gasteiger partial charge is 0.491 e. The van der Waals surface area contributed by atoms with Crippen molar-refractivity contribution in [1.29, 1.82) is 0 Å². The highest BCUT2D eigenvalue weighted by Crippen LogP contribution is 2.25. The minimum atomic E-state index is -0.815. The molecule has 25 heavy (non-hydrogen) atoms. The summed E-state index contributed by atoms with van der Waals surface area (Å²) in [6, 6.07) is 3.21. The number of anilines is 1. The lowest BCUT2D eigenvalue weighted by atomic mass is 10.1. The summed E-state index contributed by atoms with van der Waals surface area (Å²) < 4.78 is 5.65. The van der Waals surface area contributed by atoms with E-state index in [4.69, 9.17) is 22.1 Å². The number of nitrogens with one attached hydrogen (secondary N) is 3. The molecule has 1 heterocycles. The molecule has 0 radical (unpaired) electrons. The van der Waals surface area contributed by atoms with Crippen LogP contribution in [0.4, 0.5) is 5.69 Å². The molecule has 8 nitrogen and oxygen atoms in total. The number of carbonyl (C=O) groups is 1. The Labute approximate surface area is 148 Å². The van der Waals surface area contributed by atoms with Gasteiger partial charge < -0.3 is 20.8 Å². The zero-order valence-electron chi connectivity index (χ0n) is 14.0. The summed E-state index contributed by atoms with van der Waals surface area (Å²) in [5.74, 6) is -0.0372. The number of aromatic amines is 2. The summed E-state index contributed by atoms with van der Waals surface area (Å²) >= 11 is 6.11. The maximum absolute atomic E-state index is 12.2. The number of aromatic nitrogens is 2. The fourth-order valence-corrected chi connectivity index (χ4v) is 2.33. The van der Waals surface area contributed by atoms with Crippen LogP contribution in [0.25, 0.3) is 0 Å². The number of nitrogen functional groups attached to an aromatic ring is 1. The normalized spacial score (nSPS) is 11.8. The van der Waals surface area contributed by atoms with Gasteiger partial charge >= 0.3 is 5.69 Å². The lowest BCUT2D eigenvalue weighted by Crippen LogP contribution is -2.40. The van der Waals surface area contributed by atoms with Gasteiger partial charge in [-0.25, -0.2) is 4.79 Å². The Balaban J connectivity index is 2.03. The van der Waals surface area contributed by atoms with Gasteiger partial charge in [0.2, 0.25) is 0 Å². The molecule has 1 aromatic carbocycles. The van der Waals surface area contributed by atoms with Crippen LogP contribution in [0, 0.1) is 13.8 Å². The summed E-state index contributed by atoms with van der Waals surface area (Å²) in [6.07, 6.45) is 0. The number of hydrogen-bond donors (Lipinski definition) is 4. The van der Waals surface area contributed by atoms with Crippen LogP contribution in [-0.2, 0) is 0 Å². The van der Waals surface area contributed by atoms with E-state index in [2.05, 4.69) is 10.3 Å². The quantitative estimate of drug-likeness (QED) is 0.629. The number of hydrogen-bond acceptors (Lipinski definition) is 5. The van der Waals surface area contributed by atoms with Crippen molar-refractivity contribution in [3.8, 4) is 5.75 Å². The van der Waals surface area contributed by atoms with Crippen LogP contribution in [0.15, 0.2) is 21.7 Å². The first kappa shape index (κ1) is 18.6. The van der Waals surface area contributed by atoms with Gasteiger partial charge in [0.15, 0.2) is 0 Å². The monoisotopic (exact) mass is 366 g/mol. The van der Waals surface area contributed by atoms with Gasteiger partial charge in [-0.2, -0.15) is 0 Å². The van der Waals surface area contributed by atoms with Crippen molar-refractivity contribution < 1.29 is 9.53 Å². The predicted octanol–water partition coefficient (Wildman–Crippen LogP) is 1.11. The lowest BCUT2D eigenvalue weighted by molar-refractivity contribution is 0.0922. The highest BCUT2D eigenvalue weighted by Gasteiger charge is 2.16. The molecule has 0 aliphatic heterocycles. The van der Waals surface area contributed by atoms with E-state index < -0.39 is 23.2 Å². The standard InChI is InChI=1S/C16H19ClN4O4/c1-7-4-10(5-8(2)11(7)17)25-6-9(3)19-15(23)13-12(18)14(22)21-16(24)20-13/h4-5,9H,6,18H2,1-3H3,(H,19,23)(H2,20,21,22,24)/t9-/m1/s1. The van der Waals surface area contributed by atoms with Crippen LogP contribution in [0.2, 0.25) is 5.02 Å². The molecule has 2 aromatic rings. The van der Waals surface area contributed by atoms with Crippen LogP contribution in [0.1, 0.15) is 28.5 Å². The summed E-state index contributed by atoms with van der Waals surface area (Å²) in [5, 5.41) is 3.29. The van der Waals surface area contributed by atoms with Gasteiger partial charge in [0, 0.05) is 5.02 Å². The van der Waals surface area contributed by atoms with E-state index in [0.717, 1.165) is 11.1 Å². The topological polar surface area (TPSA) is 130 Å². The number of aryl methyl sites for hydroxylation is 2. The van der Waals surface area contributed by atoms with E-state index in [-0.39, 0.29) is 18.0 Å². The van der Waals surface area contributed by atoms with Crippen molar-refractivity contribution in [2.75, 3.05) is 12.3 Å². The Morgan fingerprint density at radius 2 is 1.88 bits per heavy atom. The molecule has 1 amide bonds. The number of nitrogens with two attached hydrogens (primary N) is 1. The minimum Gasteiger partial charge on any atom is -0.491 e. The molecule has 0 unspecified atom stereocenters. The first-order chi connectivity index (χ1) is 11.7. The molecule has 0 aliphatic carbocycles. The maximum Gasteiger partial charge on any atom is 0.326 e. The van der Waals surface area contributed by atoms with Crippen molar-refractivity contribution in [2.45, 2.75) is 26.8 Å². The molecule has 2 rings (SSSR count). The lowest BCUT2D eigenvalue weighted by Gasteiger charge is -2.16. The molecule has 1 aromatic heterocycles. The summed E-state index contributed by atoms with van der Waals surface area (Å²) in [7, 11) is 0. The fourth-order valence-electron chi connectivity index (χ4n) is 2.22. The third-order valence-corrected chi connectivity index (χ3v) is 4.09. The molecule has 134 valence electrons. The van der Waals surface area contributed by atoms with Crippen molar-refractivity contribution in [1.82, 2.24) is 15.3 Å². The second kappa shape index (κ2) is 7.43. The van der Waals surface area contributed by atoms with E-state index in [1.807, 2.05) is 18.8 Å². The van der Waals surface area contributed by atoms with Gasteiger partial charge in [-0.15, -0.1) is 0 Å². The number of benzene rings is 1. The van der Waals surface area contributed by atoms with Crippen molar-refractivity contribution in [2.24, 2.45) is 0 Å². The number of carbonyl (C=O) groups excluding carboxylic acids is 1. The highest BCUT2D eigenvalue weighted by molar-refractivity contribution is 6.32. The second-order valence-electron chi connectivity index (χ2n) is 5.75. The van der Waals surface area contributed by atoms with Crippen molar-refractivity contribution in [3.63, 3.8) is 0 Å². The number of H-pyrrole nitrogens is 2. The van der Waals surface area contributed by atoms with Gasteiger partial charge in [0.05, 0.1) is 6.04 Å². The number of halogens is 1. The Morgan fingerprint density at radius 1 is 1.28 bits per heavy atom. The van der Waals surface area contributed by atoms with Gasteiger partial charge in [-0.05, 0) is 44.0 Å². The summed E-state index contributed by atoms with van der Waals surface area (Å²) in [6.45, 7) is 5.65. The van der Waals surface area contributed by atoms with Crippen LogP contribution in [-0.4, -0.2) is 28.5 Å². The smallest absolute Gasteiger partial charge is 0.326 e. The maximum atomic E-state index is 12.2. The van der Waals surface area contributed by atoms with Crippen LogP contribution >= 0.6 is 11.6 Å². The van der Waals surface area contributed by atoms with Gasteiger partial charge in [0.1, 0.15) is 23.7 Å². The Morgan fingerprint density at radius 3 is 2.48 bits per heavy atom. The molecular formula is C16H19ClN4O4. The Hall–Kier alpha value is -2.74. The molecule has 5 N–H and O–H groups in total. The predicted molar refractivity (Wildman–Crippen MR) is 95.4 cm³/mol. The Bertz CT molecular complexity index is 896. The average molecular weight is 367 g/mol. The van der Waals surface area contributed by atoms with Crippen molar-refractivity contribution in [3.05, 3.63) is 54.8 Å². The third kappa shape index (κ3) is 4.42. The number of amides is 1. The molecule has 0 saturated carbocycles. The third-order valence-electron chi connectivity index (χ3n) is 3.49. The molecule has 0 bridgehead atoms. The second-order valence-corrected chi connectivity index (χ2v) is 6.13. The molecule has 1 atom stereocenters. The zero-order chi connectivity index (χ0) is 18.7.